The van der Waals surface area contributed by atoms with Crippen LogP contribution in [0.1, 0.15) is 19.8 Å². The van der Waals surface area contributed by atoms with Gasteiger partial charge in [0.05, 0.1) is 0 Å². The van der Waals surface area contributed by atoms with Crippen molar-refractivity contribution in [2.75, 3.05) is 0 Å². The minimum absolute atomic E-state index is 0. The Labute approximate surface area is 97.2 Å². The van der Waals surface area contributed by atoms with Gasteiger partial charge >= 0.3 is 21.7 Å². The summed E-state index contributed by atoms with van der Waals surface area (Å²) in [5.74, 6) is 0. The van der Waals surface area contributed by atoms with Crippen molar-refractivity contribution in [3.63, 3.8) is 0 Å². The number of halogens is 2. The van der Waals surface area contributed by atoms with Crippen LogP contribution in [0.25, 0.3) is 0 Å². The monoisotopic (exact) mass is 226 g/mol. The molecule has 0 N–H and O–H groups in total. The second-order valence-corrected chi connectivity index (χ2v) is 1.73. The molecule has 0 aromatic rings. The van der Waals surface area contributed by atoms with Crippen LogP contribution in [0.3, 0.4) is 0 Å². The Hall–Kier alpha value is 0.774. The fourth-order valence-electron chi connectivity index (χ4n) is 0.669. The van der Waals surface area contributed by atoms with E-state index in [0.717, 1.165) is 6.42 Å². The Morgan fingerprint density at radius 1 is 1.45 bits per heavy atom. The predicted octanol–water partition coefficient (Wildman–Crippen LogP) is -3.46. The van der Waals surface area contributed by atoms with Crippen LogP contribution in [-0.2, 0) is 21.7 Å². The van der Waals surface area contributed by atoms with Crippen LogP contribution in [0.4, 0.5) is 0 Å². The molecule has 1 aliphatic carbocycles. The van der Waals surface area contributed by atoms with Gasteiger partial charge in [0.15, 0.2) is 0 Å². The van der Waals surface area contributed by atoms with E-state index in [9.17, 15) is 0 Å². The van der Waals surface area contributed by atoms with Gasteiger partial charge in [-0.1, -0.05) is 13.3 Å². The maximum atomic E-state index is 3.11. The third-order valence-electron chi connectivity index (χ3n) is 1.22. The van der Waals surface area contributed by atoms with Gasteiger partial charge < -0.3 is 32.2 Å². The average molecular weight is 227 g/mol. The van der Waals surface area contributed by atoms with E-state index in [0.29, 0.717) is 0 Å². The van der Waals surface area contributed by atoms with E-state index in [1.54, 1.807) is 0 Å². The average Bonchev–Trinajstić information content (AvgIpc) is 2.14. The number of hydrogen-bond donors (Lipinski definition) is 0. The molecule has 11 heavy (non-hydrogen) atoms. The topological polar surface area (TPSA) is 0 Å². The first-order valence-corrected chi connectivity index (χ1v) is 2.68. The van der Waals surface area contributed by atoms with Gasteiger partial charge in [-0.3, -0.25) is 6.08 Å². The van der Waals surface area contributed by atoms with Crippen LogP contribution in [-0.4, -0.2) is 0 Å². The van der Waals surface area contributed by atoms with Crippen molar-refractivity contribution in [3.05, 3.63) is 31.2 Å². The largest absolute Gasteiger partial charge is 4.00 e. The molecule has 0 bridgehead atoms. The Balaban J connectivity index is -0.0000000612. The molecular weight excluding hydrogens is 215 g/mol. The third-order valence-corrected chi connectivity index (χ3v) is 1.22. The van der Waals surface area contributed by atoms with Crippen LogP contribution < -0.4 is 24.8 Å². The van der Waals surface area contributed by atoms with Gasteiger partial charge in [0.25, 0.3) is 0 Å². The SMILES string of the molecule is CCC1=CC=[C-]C1.[CH3-].[Cl-].[Cl-].[Ti+4]. The Morgan fingerprint density at radius 3 is 2.18 bits per heavy atom. The summed E-state index contributed by atoms with van der Waals surface area (Å²) in [5.41, 5.74) is 1.50. The van der Waals surface area contributed by atoms with Gasteiger partial charge in [0.1, 0.15) is 0 Å². The molecule has 0 saturated heterocycles. The first-order valence-electron chi connectivity index (χ1n) is 2.68. The minimum atomic E-state index is 0. The minimum Gasteiger partial charge on any atom is -1.00 e. The Bertz CT molecular complexity index is 119. The third kappa shape index (κ3) is 8.68. The summed E-state index contributed by atoms with van der Waals surface area (Å²) in [6, 6.07) is 0. The van der Waals surface area contributed by atoms with Crippen LogP contribution in [0.15, 0.2) is 17.7 Å². The van der Waals surface area contributed by atoms with Crippen LogP contribution in [0, 0.1) is 13.5 Å². The summed E-state index contributed by atoms with van der Waals surface area (Å²) in [7, 11) is 0. The van der Waals surface area contributed by atoms with E-state index >= 15 is 0 Å². The summed E-state index contributed by atoms with van der Waals surface area (Å²) in [5, 5.41) is 0. The van der Waals surface area contributed by atoms with Crippen molar-refractivity contribution >= 4 is 0 Å². The predicted molar refractivity (Wildman–Crippen MR) is 37.2 cm³/mol. The molecule has 0 fully saturated rings. The molecular formula is C8H12Cl2Ti. The number of rotatable bonds is 1. The van der Waals surface area contributed by atoms with E-state index in [1.165, 1.54) is 12.0 Å². The van der Waals surface area contributed by atoms with E-state index in [4.69, 9.17) is 0 Å². The van der Waals surface area contributed by atoms with Crippen LogP contribution in [0.2, 0.25) is 0 Å². The molecule has 62 valence electrons. The molecule has 3 heteroatoms. The summed E-state index contributed by atoms with van der Waals surface area (Å²) >= 11 is 0. The van der Waals surface area contributed by atoms with Gasteiger partial charge in [-0.05, 0) is 0 Å². The van der Waals surface area contributed by atoms with E-state index in [2.05, 4.69) is 19.1 Å². The van der Waals surface area contributed by atoms with E-state index in [1.807, 2.05) is 6.08 Å². The molecule has 0 aliphatic heterocycles. The van der Waals surface area contributed by atoms with Gasteiger partial charge in [-0.25, -0.2) is 12.2 Å². The molecule has 1 rings (SSSR count). The van der Waals surface area contributed by atoms with Gasteiger partial charge in [0, 0.05) is 0 Å². The number of hydrogen-bond acceptors (Lipinski definition) is 0. The second kappa shape index (κ2) is 13.4. The maximum absolute atomic E-state index is 3.11. The van der Waals surface area contributed by atoms with Gasteiger partial charge in [0.2, 0.25) is 0 Å². The standard InChI is InChI=1S/C7H9.CH3.2ClH.Ti/c1-2-7-5-3-4-6-7;;;;/h3,5H,2,6H2,1H3;1H3;2*1H;/q2*-1;;;+4/p-2. The van der Waals surface area contributed by atoms with E-state index < -0.39 is 0 Å². The van der Waals surface area contributed by atoms with Crippen molar-refractivity contribution in [2.24, 2.45) is 0 Å². The van der Waals surface area contributed by atoms with Crippen LogP contribution >= 0.6 is 0 Å². The maximum Gasteiger partial charge on any atom is 4.00 e. The van der Waals surface area contributed by atoms with Crippen molar-refractivity contribution in [2.45, 2.75) is 19.8 Å². The smallest absolute Gasteiger partial charge is 1.00 e. The molecule has 0 saturated carbocycles. The summed E-state index contributed by atoms with van der Waals surface area (Å²) in [6.45, 7) is 2.17. The van der Waals surface area contributed by atoms with Gasteiger partial charge in [-0.2, -0.15) is 5.57 Å². The first-order chi connectivity index (χ1) is 3.43. The molecule has 1 aliphatic rings. The molecule has 0 nitrogen and oxygen atoms in total. The fraction of sp³-hybridized carbons (Fsp3) is 0.375. The Morgan fingerprint density at radius 2 is 2.00 bits per heavy atom. The first kappa shape index (κ1) is 22.6. The second-order valence-electron chi connectivity index (χ2n) is 1.73. The molecule has 0 heterocycles. The van der Waals surface area contributed by atoms with Crippen molar-refractivity contribution in [3.8, 4) is 0 Å². The van der Waals surface area contributed by atoms with Crippen molar-refractivity contribution < 1.29 is 46.5 Å². The molecule has 0 atom stereocenters. The molecule has 0 aromatic heterocycles. The quantitative estimate of drug-likeness (QED) is 0.322. The fourth-order valence-corrected chi connectivity index (χ4v) is 0.669. The zero-order valence-electron chi connectivity index (χ0n) is 6.82. The molecule has 0 spiro atoms. The molecule has 0 unspecified atom stereocenters. The summed E-state index contributed by atoms with van der Waals surface area (Å²) in [6.07, 6.45) is 9.49. The van der Waals surface area contributed by atoms with Gasteiger partial charge in [-0.15, -0.1) is 6.42 Å². The Kier molecular flexibility index (Phi) is 27.5. The zero-order chi connectivity index (χ0) is 5.11. The number of allylic oxidation sites excluding steroid dienone is 4. The van der Waals surface area contributed by atoms with E-state index in [-0.39, 0.29) is 54.0 Å². The normalized spacial score (nSPS) is 11.2. The molecule has 0 radical (unpaired) electrons. The summed E-state index contributed by atoms with van der Waals surface area (Å²) in [4.78, 5) is 0. The van der Waals surface area contributed by atoms with Crippen molar-refractivity contribution in [1.82, 2.24) is 0 Å². The summed E-state index contributed by atoms with van der Waals surface area (Å²) < 4.78 is 0. The molecule has 0 aromatic carbocycles. The van der Waals surface area contributed by atoms with Crippen LogP contribution in [0.5, 0.6) is 0 Å². The molecule has 0 amide bonds. The zero-order valence-corrected chi connectivity index (χ0v) is 9.90. The van der Waals surface area contributed by atoms with Crippen molar-refractivity contribution in [1.29, 1.82) is 0 Å².